The Labute approximate surface area is 167 Å². The molecule has 0 aliphatic heterocycles. The molecule has 1 N–H and O–H groups in total. The topological polar surface area (TPSA) is 94.8 Å². The van der Waals surface area contributed by atoms with Crippen molar-refractivity contribution in [2.24, 2.45) is 0 Å². The Morgan fingerprint density at radius 3 is 2.34 bits per heavy atom. The Morgan fingerprint density at radius 2 is 1.72 bits per heavy atom. The number of aliphatic carboxylic acids is 1. The van der Waals surface area contributed by atoms with Crippen molar-refractivity contribution in [2.75, 3.05) is 13.7 Å². The molecule has 150 valence electrons. The van der Waals surface area contributed by atoms with Crippen molar-refractivity contribution in [1.29, 1.82) is 0 Å². The minimum absolute atomic E-state index is 0.156. The highest BCUT2D eigenvalue weighted by molar-refractivity contribution is 6.05. The lowest BCUT2D eigenvalue weighted by Crippen LogP contribution is -2.16. The van der Waals surface area contributed by atoms with Crippen LogP contribution in [0, 0.1) is 13.8 Å². The highest BCUT2D eigenvalue weighted by Gasteiger charge is 2.22. The Kier molecular flexibility index (Phi) is 5.68. The number of carboxylic acids is 1. The Morgan fingerprint density at radius 1 is 1.03 bits per heavy atom. The zero-order chi connectivity index (χ0) is 21.1. The van der Waals surface area contributed by atoms with E-state index in [1.165, 1.54) is 7.11 Å². The van der Waals surface area contributed by atoms with Crippen LogP contribution in [0.2, 0.25) is 0 Å². The van der Waals surface area contributed by atoms with E-state index in [0.717, 1.165) is 5.56 Å². The largest absolute Gasteiger partial charge is 0.497 e. The molecule has 7 nitrogen and oxygen atoms in total. The van der Waals surface area contributed by atoms with Gasteiger partial charge in [-0.3, -0.25) is 14.2 Å². The second kappa shape index (κ2) is 8.18. The Hall–Kier alpha value is -3.61. The van der Waals surface area contributed by atoms with Gasteiger partial charge in [-0.05, 0) is 49.7 Å². The van der Waals surface area contributed by atoms with E-state index in [0.29, 0.717) is 33.5 Å². The summed E-state index contributed by atoms with van der Waals surface area (Å²) in [5.74, 6) is -1.55. The summed E-state index contributed by atoms with van der Waals surface area (Å²) >= 11 is 0. The van der Waals surface area contributed by atoms with Crippen LogP contribution in [0.4, 0.5) is 0 Å². The lowest BCUT2D eigenvalue weighted by atomic mass is 10.1. The van der Waals surface area contributed by atoms with Gasteiger partial charge in [0.05, 0.1) is 19.0 Å². The fourth-order valence-corrected chi connectivity index (χ4v) is 3.24. The summed E-state index contributed by atoms with van der Waals surface area (Å²) in [5, 5.41) is 9.38. The number of esters is 1. The lowest BCUT2D eigenvalue weighted by molar-refractivity contribution is -0.154. The fraction of sp³-hybridized carbons (Fsp3) is 0.227. The number of hydrogen-bond donors (Lipinski definition) is 1. The predicted molar refractivity (Wildman–Crippen MR) is 106 cm³/mol. The van der Waals surface area contributed by atoms with Gasteiger partial charge in [-0.15, -0.1) is 0 Å². The van der Waals surface area contributed by atoms with Crippen LogP contribution in [0.5, 0.6) is 5.75 Å². The van der Waals surface area contributed by atoms with Gasteiger partial charge in [-0.1, -0.05) is 17.7 Å². The minimum Gasteiger partial charge on any atom is -0.497 e. The number of carbonyl (C=O) groups is 3. The van der Waals surface area contributed by atoms with Gasteiger partial charge >= 0.3 is 11.9 Å². The summed E-state index contributed by atoms with van der Waals surface area (Å²) in [6.45, 7) is 2.98. The third-order valence-corrected chi connectivity index (χ3v) is 4.72. The van der Waals surface area contributed by atoms with Crippen molar-refractivity contribution in [3.8, 4) is 5.75 Å². The first kappa shape index (κ1) is 20.1. The number of fused-ring (bicyclic) bond motifs is 1. The first-order valence-electron chi connectivity index (χ1n) is 8.98. The third-order valence-electron chi connectivity index (χ3n) is 4.72. The quantitative estimate of drug-likeness (QED) is 0.645. The Balaban J connectivity index is 2.09. The molecule has 7 heteroatoms. The lowest BCUT2D eigenvalue weighted by Gasteiger charge is -2.08. The van der Waals surface area contributed by atoms with Crippen LogP contribution >= 0.6 is 0 Å². The number of carbonyl (C=O) groups excluding carboxylic acids is 2. The number of aromatic nitrogens is 1. The highest BCUT2D eigenvalue weighted by atomic mass is 16.5. The zero-order valence-electron chi connectivity index (χ0n) is 16.4. The van der Waals surface area contributed by atoms with E-state index in [1.807, 2.05) is 19.1 Å². The number of methoxy groups -OCH3 is 1. The number of rotatable bonds is 6. The maximum Gasteiger partial charge on any atom is 0.341 e. The molecule has 3 rings (SSSR count). The normalized spacial score (nSPS) is 10.7. The van der Waals surface area contributed by atoms with Gasteiger partial charge < -0.3 is 14.6 Å². The van der Waals surface area contributed by atoms with E-state index in [1.54, 1.807) is 41.8 Å². The maximum atomic E-state index is 13.2. The molecule has 0 unspecified atom stereocenters. The second-order valence-corrected chi connectivity index (χ2v) is 6.68. The number of aryl methyl sites for hydroxylation is 1. The van der Waals surface area contributed by atoms with E-state index < -0.39 is 18.5 Å². The summed E-state index contributed by atoms with van der Waals surface area (Å²) in [6.07, 6.45) is -0.156. The molecule has 2 aromatic carbocycles. The van der Waals surface area contributed by atoms with Gasteiger partial charge in [0.25, 0.3) is 5.91 Å². The molecule has 1 aromatic heterocycles. The van der Waals surface area contributed by atoms with E-state index in [4.69, 9.17) is 14.6 Å². The van der Waals surface area contributed by atoms with Crippen LogP contribution < -0.4 is 4.74 Å². The first-order valence-corrected chi connectivity index (χ1v) is 8.98. The van der Waals surface area contributed by atoms with Crippen molar-refractivity contribution >= 4 is 28.7 Å². The number of hydrogen-bond acceptors (Lipinski definition) is 5. The molecule has 0 bridgehead atoms. The van der Waals surface area contributed by atoms with Crippen LogP contribution in [0.25, 0.3) is 10.9 Å². The van der Waals surface area contributed by atoms with Crippen molar-refractivity contribution < 1.29 is 29.0 Å². The molecule has 0 aliphatic carbocycles. The zero-order valence-corrected chi connectivity index (χ0v) is 16.4. The molecule has 0 saturated carbocycles. The third kappa shape index (κ3) is 4.13. The van der Waals surface area contributed by atoms with Gasteiger partial charge in [0.2, 0.25) is 0 Å². The standard InChI is InChI=1S/C22H21NO6/c1-13-4-6-15(7-5-13)22(27)23-14(2)17(11-21(26)29-12-20(24)25)18-10-16(28-3)8-9-19(18)23/h4-10H,11-12H2,1-3H3,(H,24,25). The second-order valence-electron chi connectivity index (χ2n) is 6.68. The number of ether oxygens (including phenoxy) is 2. The minimum atomic E-state index is -1.23. The summed E-state index contributed by atoms with van der Waals surface area (Å²) in [5.41, 5.74) is 3.38. The number of nitrogens with zero attached hydrogens (tertiary/aromatic N) is 1. The predicted octanol–water partition coefficient (Wildman–Crippen LogP) is 3.13. The van der Waals surface area contributed by atoms with Crippen LogP contribution in [0.3, 0.4) is 0 Å². The van der Waals surface area contributed by atoms with Gasteiger partial charge in [0.1, 0.15) is 5.75 Å². The fourth-order valence-electron chi connectivity index (χ4n) is 3.24. The van der Waals surface area contributed by atoms with Crippen molar-refractivity contribution in [1.82, 2.24) is 4.57 Å². The summed E-state index contributed by atoms with van der Waals surface area (Å²) in [4.78, 5) is 36.0. The van der Waals surface area contributed by atoms with Crippen molar-refractivity contribution in [3.05, 3.63) is 64.8 Å². The van der Waals surface area contributed by atoms with Gasteiger partial charge in [-0.2, -0.15) is 0 Å². The molecule has 0 spiro atoms. The van der Waals surface area contributed by atoms with E-state index >= 15 is 0 Å². The summed E-state index contributed by atoms with van der Waals surface area (Å²) < 4.78 is 11.6. The van der Waals surface area contributed by atoms with Crippen LogP contribution in [-0.2, 0) is 20.7 Å². The molecule has 29 heavy (non-hydrogen) atoms. The first-order chi connectivity index (χ1) is 13.8. The summed E-state index contributed by atoms with van der Waals surface area (Å²) in [6, 6.07) is 12.5. The van der Waals surface area contributed by atoms with Gasteiger partial charge in [0.15, 0.2) is 6.61 Å². The van der Waals surface area contributed by atoms with Gasteiger partial charge in [0, 0.05) is 16.6 Å². The molecule has 1 heterocycles. The van der Waals surface area contributed by atoms with Crippen molar-refractivity contribution in [3.63, 3.8) is 0 Å². The maximum absolute atomic E-state index is 13.2. The van der Waals surface area contributed by atoms with E-state index in [9.17, 15) is 14.4 Å². The van der Waals surface area contributed by atoms with Gasteiger partial charge in [-0.25, -0.2) is 4.79 Å². The van der Waals surface area contributed by atoms with Crippen LogP contribution in [-0.4, -0.2) is 41.2 Å². The molecule has 0 saturated heterocycles. The van der Waals surface area contributed by atoms with Crippen molar-refractivity contribution in [2.45, 2.75) is 20.3 Å². The van der Waals surface area contributed by atoms with Crippen LogP contribution in [0.15, 0.2) is 42.5 Å². The number of carboxylic acid groups (broad SMARTS) is 1. The van der Waals surface area contributed by atoms with E-state index in [-0.39, 0.29) is 12.3 Å². The molecular formula is C22H21NO6. The molecule has 0 radical (unpaired) electrons. The smallest absolute Gasteiger partial charge is 0.341 e. The SMILES string of the molecule is COc1ccc2c(c1)c(CC(=O)OCC(=O)O)c(C)n2C(=O)c1ccc(C)cc1. The molecule has 0 aliphatic rings. The highest BCUT2D eigenvalue weighted by Crippen LogP contribution is 2.31. The molecule has 3 aromatic rings. The summed E-state index contributed by atoms with van der Waals surface area (Å²) in [7, 11) is 1.53. The molecular weight excluding hydrogens is 374 g/mol. The average molecular weight is 395 g/mol. The average Bonchev–Trinajstić information content (AvgIpc) is 2.97. The Bertz CT molecular complexity index is 1090. The molecule has 0 fully saturated rings. The van der Waals surface area contributed by atoms with E-state index in [2.05, 4.69) is 0 Å². The number of benzene rings is 2. The molecule has 0 atom stereocenters. The monoisotopic (exact) mass is 395 g/mol. The van der Waals surface area contributed by atoms with Crippen LogP contribution in [0.1, 0.15) is 27.2 Å². The molecule has 0 amide bonds.